The fourth-order valence-electron chi connectivity index (χ4n) is 1.60. The number of carboxylic acid groups (broad SMARTS) is 1. The van der Waals surface area contributed by atoms with E-state index in [1.165, 1.54) is 18.2 Å². The second kappa shape index (κ2) is 4.71. The maximum Gasteiger partial charge on any atom is 0.335 e. The first-order chi connectivity index (χ1) is 8.59. The Labute approximate surface area is 103 Å². The molecule has 0 bridgehead atoms. The summed E-state index contributed by atoms with van der Waals surface area (Å²) in [5.74, 6) is -1.78. The largest absolute Gasteiger partial charge is 0.507 e. The van der Waals surface area contributed by atoms with E-state index in [-0.39, 0.29) is 16.9 Å². The number of hydrogen-bond donors (Lipinski definition) is 2. The van der Waals surface area contributed by atoms with Gasteiger partial charge in [0.1, 0.15) is 5.75 Å². The molecule has 4 heteroatoms. The number of rotatable bonds is 3. The smallest absolute Gasteiger partial charge is 0.335 e. The molecule has 0 saturated carbocycles. The van der Waals surface area contributed by atoms with Gasteiger partial charge in [0.2, 0.25) is 0 Å². The molecule has 0 saturated heterocycles. The number of ketones is 1. The van der Waals surface area contributed by atoms with E-state index < -0.39 is 11.8 Å². The van der Waals surface area contributed by atoms with E-state index >= 15 is 0 Å². The zero-order chi connectivity index (χ0) is 13.1. The lowest BCUT2D eigenvalue weighted by Crippen LogP contribution is -2.04. The van der Waals surface area contributed by atoms with Gasteiger partial charge in [-0.15, -0.1) is 0 Å². The lowest BCUT2D eigenvalue weighted by atomic mass is 10.0. The number of carbonyl (C=O) groups excluding carboxylic acids is 1. The van der Waals surface area contributed by atoms with Gasteiger partial charge in [0.05, 0.1) is 11.1 Å². The Kier molecular flexibility index (Phi) is 3.10. The molecule has 4 nitrogen and oxygen atoms in total. The fourth-order valence-corrected chi connectivity index (χ4v) is 1.60. The highest BCUT2D eigenvalue weighted by Gasteiger charge is 2.15. The number of hydrogen-bond acceptors (Lipinski definition) is 3. The van der Waals surface area contributed by atoms with Gasteiger partial charge in [0.15, 0.2) is 5.78 Å². The van der Waals surface area contributed by atoms with Crippen molar-refractivity contribution in [2.24, 2.45) is 0 Å². The van der Waals surface area contributed by atoms with Crippen molar-refractivity contribution >= 4 is 11.8 Å². The number of benzene rings is 2. The topological polar surface area (TPSA) is 74.6 Å². The normalized spacial score (nSPS) is 10.0. The fraction of sp³-hybridized carbons (Fsp3) is 0. The van der Waals surface area contributed by atoms with E-state index in [4.69, 9.17) is 5.11 Å². The van der Waals surface area contributed by atoms with E-state index in [9.17, 15) is 14.7 Å². The first-order valence-corrected chi connectivity index (χ1v) is 5.25. The summed E-state index contributed by atoms with van der Waals surface area (Å²) < 4.78 is 0. The van der Waals surface area contributed by atoms with Crippen molar-refractivity contribution in [2.75, 3.05) is 0 Å². The predicted molar refractivity (Wildman–Crippen MR) is 64.9 cm³/mol. The molecule has 90 valence electrons. The number of phenols is 1. The average Bonchev–Trinajstić information content (AvgIpc) is 2.39. The van der Waals surface area contributed by atoms with Crippen LogP contribution in [0.4, 0.5) is 0 Å². The van der Waals surface area contributed by atoms with Crippen molar-refractivity contribution in [2.45, 2.75) is 0 Å². The van der Waals surface area contributed by atoms with Crippen LogP contribution in [0.3, 0.4) is 0 Å². The molecule has 2 rings (SSSR count). The van der Waals surface area contributed by atoms with E-state index in [2.05, 4.69) is 0 Å². The minimum absolute atomic E-state index is 0.0129. The van der Waals surface area contributed by atoms with Crippen molar-refractivity contribution in [3.05, 3.63) is 65.2 Å². The summed E-state index contributed by atoms with van der Waals surface area (Å²) in [5.41, 5.74) is 0.350. The number of carboxylic acids is 1. The third-order valence-electron chi connectivity index (χ3n) is 2.52. The minimum Gasteiger partial charge on any atom is -0.507 e. The SMILES string of the molecule is O=C(O)c1ccc(O)c(C(=O)c2ccccc2)c1. The van der Waals surface area contributed by atoms with Gasteiger partial charge in [-0.25, -0.2) is 4.79 Å². The Morgan fingerprint density at radius 3 is 2.17 bits per heavy atom. The summed E-state index contributed by atoms with van der Waals surface area (Å²) in [7, 11) is 0. The molecule has 2 N–H and O–H groups in total. The van der Waals surface area contributed by atoms with Gasteiger partial charge in [0.25, 0.3) is 0 Å². The number of carbonyl (C=O) groups is 2. The Morgan fingerprint density at radius 2 is 1.56 bits per heavy atom. The Morgan fingerprint density at radius 1 is 0.889 bits per heavy atom. The van der Waals surface area contributed by atoms with Gasteiger partial charge in [0, 0.05) is 5.56 Å². The van der Waals surface area contributed by atoms with Crippen LogP contribution in [-0.4, -0.2) is 22.0 Å². The third kappa shape index (κ3) is 2.22. The predicted octanol–water partition coefficient (Wildman–Crippen LogP) is 2.32. The van der Waals surface area contributed by atoms with Crippen LogP contribution in [0.15, 0.2) is 48.5 Å². The first kappa shape index (κ1) is 11.9. The minimum atomic E-state index is -1.14. The van der Waals surface area contributed by atoms with Crippen molar-refractivity contribution in [1.29, 1.82) is 0 Å². The van der Waals surface area contributed by atoms with Gasteiger partial charge in [-0.1, -0.05) is 30.3 Å². The van der Waals surface area contributed by atoms with Gasteiger partial charge in [-0.2, -0.15) is 0 Å². The molecule has 0 radical (unpaired) electrons. The molecule has 0 aliphatic rings. The van der Waals surface area contributed by atoms with Crippen LogP contribution in [0, 0.1) is 0 Å². The maximum atomic E-state index is 12.1. The lowest BCUT2D eigenvalue weighted by molar-refractivity contribution is 0.0697. The van der Waals surface area contributed by atoms with E-state index in [0.29, 0.717) is 5.56 Å². The highest BCUT2D eigenvalue weighted by atomic mass is 16.4. The molecular formula is C14H10O4. The van der Waals surface area contributed by atoms with Gasteiger partial charge < -0.3 is 10.2 Å². The van der Waals surface area contributed by atoms with Gasteiger partial charge >= 0.3 is 5.97 Å². The Bertz CT molecular complexity index is 602. The summed E-state index contributed by atoms with van der Waals surface area (Å²) in [6.45, 7) is 0. The first-order valence-electron chi connectivity index (χ1n) is 5.25. The number of aromatic hydroxyl groups is 1. The summed E-state index contributed by atoms with van der Waals surface area (Å²) >= 11 is 0. The molecule has 0 atom stereocenters. The Hall–Kier alpha value is -2.62. The second-order valence-electron chi connectivity index (χ2n) is 3.73. The molecule has 0 aliphatic heterocycles. The lowest BCUT2D eigenvalue weighted by Gasteiger charge is -2.05. The summed E-state index contributed by atoms with van der Waals surface area (Å²) in [6, 6.07) is 12.0. The molecule has 0 amide bonds. The highest BCUT2D eigenvalue weighted by Crippen LogP contribution is 2.22. The molecule has 0 aromatic heterocycles. The van der Waals surface area contributed by atoms with E-state index in [1.807, 2.05) is 0 Å². The van der Waals surface area contributed by atoms with Crippen LogP contribution in [-0.2, 0) is 0 Å². The monoisotopic (exact) mass is 242 g/mol. The number of phenolic OH excluding ortho intramolecular Hbond substituents is 1. The van der Waals surface area contributed by atoms with Crippen molar-refractivity contribution in [1.82, 2.24) is 0 Å². The van der Waals surface area contributed by atoms with Crippen LogP contribution in [0.2, 0.25) is 0 Å². The van der Waals surface area contributed by atoms with Crippen LogP contribution in [0.25, 0.3) is 0 Å². The molecule has 0 unspecified atom stereocenters. The molecule has 2 aromatic rings. The summed E-state index contributed by atoms with van der Waals surface area (Å²) in [4.78, 5) is 22.9. The van der Waals surface area contributed by atoms with Crippen molar-refractivity contribution < 1.29 is 19.8 Å². The average molecular weight is 242 g/mol. The second-order valence-corrected chi connectivity index (χ2v) is 3.73. The van der Waals surface area contributed by atoms with Crippen molar-refractivity contribution in [3.8, 4) is 5.75 Å². The standard InChI is InChI=1S/C14H10O4/c15-12-7-6-10(14(17)18)8-11(12)13(16)9-4-2-1-3-5-9/h1-8,15H,(H,17,18). The summed E-state index contributed by atoms with van der Waals surface area (Å²) in [5, 5.41) is 18.5. The Balaban J connectivity index is 2.48. The zero-order valence-electron chi connectivity index (χ0n) is 9.33. The summed E-state index contributed by atoms with van der Waals surface area (Å²) in [6.07, 6.45) is 0. The zero-order valence-corrected chi connectivity index (χ0v) is 9.33. The van der Waals surface area contributed by atoms with Gasteiger partial charge in [-0.3, -0.25) is 4.79 Å². The van der Waals surface area contributed by atoms with E-state index in [1.54, 1.807) is 30.3 Å². The molecule has 0 spiro atoms. The maximum absolute atomic E-state index is 12.1. The van der Waals surface area contributed by atoms with Crippen LogP contribution >= 0.6 is 0 Å². The highest BCUT2D eigenvalue weighted by molar-refractivity contribution is 6.11. The van der Waals surface area contributed by atoms with Crippen LogP contribution < -0.4 is 0 Å². The molecule has 0 aliphatic carbocycles. The molecule has 18 heavy (non-hydrogen) atoms. The van der Waals surface area contributed by atoms with E-state index in [0.717, 1.165) is 0 Å². The van der Waals surface area contributed by atoms with Crippen LogP contribution in [0.5, 0.6) is 5.75 Å². The number of aromatic carboxylic acids is 1. The quantitative estimate of drug-likeness (QED) is 0.810. The third-order valence-corrected chi connectivity index (χ3v) is 2.52. The van der Waals surface area contributed by atoms with Crippen molar-refractivity contribution in [3.63, 3.8) is 0 Å². The molecule has 2 aromatic carbocycles. The molecule has 0 fully saturated rings. The molecule has 0 heterocycles. The van der Waals surface area contributed by atoms with Crippen LogP contribution in [0.1, 0.15) is 26.3 Å². The van der Waals surface area contributed by atoms with Gasteiger partial charge in [-0.05, 0) is 18.2 Å². The molecular weight excluding hydrogens is 232 g/mol.